The van der Waals surface area contributed by atoms with Gasteiger partial charge in [-0.2, -0.15) is 0 Å². The van der Waals surface area contributed by atoms with Gasteiger partial charge in [0.25, 0.3) is 11.8 Å². The van der Waals surface area contributed by atoms with E-state index < -0.39 is 5.91 Å². The molecule has 38 heavy (non-hydrogen) atoms. The van der Waals surface area contributed by atoms with E-state index in [-0.39, 0.29) is 22.8 Å². The van der Waals surface area contributed by atoms with Crippen molar-refractivity contribution < 1.29 is 14.4 Å². The van der Waals surface area contributed by atoms with Crippen LogP contribution in [-0.4, -0.2) is 23.0 Å². The first-order valence-electron chi connectivity index (χ1n) is 11.9. The zero-order valence-electron chi connectivity index (χ0n) is 20.9. The lowest BCUT2D eigenvalue weighted by Crippen LogP contribution is -2.30. The minimum absolute atomic E-state index is 0.111. The Labute approximate surface area is 230 Å². The van der Waals surface area contributed by atoms with Crippen LogP contribution in [-0.2, 0) is 9.59 Å². The molecule has 4 rings (SSSR count). The van der Waals surface area contributed by atoms with Crippen LogP contribution in [0.1, 0.15) is 27.7 Å². The summed E-state index contributed by atoms with van der Waals surface area (Å²) in [6.45, 7) is 3.81. The zero-order chi connectivity index (χ0) is 26.9. The summed E-state index contributed by atoms with van der Waals surface area (Å²) in [6, 6.07) is 27.4. The number of aryl methyl sites for hydroxylation is 1. The summed E-state index contributed by atoms with van der Waals surface area (Å²) >= 11 is 2.85. The number of nitrogens with one attached hydrogen (secondary N) is 3. The molecule has 3 aromatic carbocycles. The molecule has 0 fully saturated rings. The molecule has 1 unspecified atom stereocenters. The molecule has 192 valence electrons. The molecule has 1 atom stereocenters. The Balaban J connectivity index is 1.44. The van der Waals surface area contributed by atoms with Crippen LogP contribution >= 0.6 is 23.1 Å². The Bertz CT molecular complexity index is 1450. The first-order valence-corrected chi connectivity index (χ1v) is 13.7. The summed E-state index contributed by atoms with van der Waals surface area (Å²) < 4.78 is 0. The number of benzene rings is 3. The number of anilines is 2. The highest BCUT2D eigenvalue weighted by Gasteiger charge is 2.17. The van der Waals surface area contributed by atoms with Gasteiger partial charge in [-0.25, -0.2) is 0 Å². The normalized spacial score (nSPS) is 11.9. The maximum Gasteiger partial charge on any atom is 0.272 e. The standard InChI is InChI=1S/C30H27N3O3S2/c1-20-9-6-12-23(17-20)31-28(34)21(2)38-26-14-7-13-24(18-26)32-30(36)27(19-25-15-8-16-37-25)33-29(35)22-10-4-3-5-11-22/h3-19,21H,1-2H3,(H,31,34)(H,32,36)(H,33,35)/b27-19-. The van der Waals surface area contributed by atoms with Crippen molar-refractivity contribution in [2.24, 2.45) is 0 Å². The van der Waals surface area contributed by atoms with Gasteiger partial charge in [0.05, 0.1) is 5.25 Å². The molecule has 4 aromatic rings. The first kappa shape index (κ1) is 26.9. The van der Waals surface area contributed by atoms with Gasteiger partial charge in [-0.05, 0) is 79.4 Å². The van der Waals surface area contributed by atoms with Crippen LogP contribution in [0.25, 0.3) is 6.08 Å². The Morgan fingerprint density at radius 3 is 2.29 bits per heavy atom. The second-order valence-corrected chi connectivity index (χ2v) is 10.9. The number of hydrogen-bond donors (Lipinski definition) is 3. The third-order valence-electron chi connectivity index (χ3n) is 5.42. The van der Waals surface area contributed by atoms with Crippen molar-refractivity contribution >= 4 is 58.3 Å². The van der Waals surface area contributed by atoms with E-state index in [0.717, 1.165) is 21.0 Å². The van der Waals surface area contributed by atoms with Gasteiger partial charge in [-0.15, -0.1) is 23.1 Å². The van der Waals surface area contributed by atoms with Gasteiger partial charge in [0.15, 0.2) is 0 Å². The number of thiophene rings is 1. The predicted octanol–water partition coefficient (Wildman–Crippen LogP) is 6.59. The lowest BCUT2D eigenvalue weighted by Gasteiger charge is -2.14. The Hall–Kier alpha value is -4.14. The van der Waals surface area contributed by atoms with Crippen LogP contribution in [0.4, 0.5) is 11.4 Å². The summed E-state index contributed by atoms with van der Waals surface area (Å²) in [5.41, 5.74) is 2.96. The van der Waals surface area contributed by atoms with E-state index in [1.165, 1.54) is 23.1 Å². The second-order valence-electron chi connectivity index (χ2n) is 8.49. The molecule has 3 amide bonds. The minimum Gasteiger partial charge on any atom is -0.325 e. The minimum atomic E-state index is -0.449. The van der Waals surface area contributed by atoms with Gasteiger partial charge in [0.2, 0.25) is 5.91 Å². The second kappa shape index (κ2) is 12.9. The highest BCUT2D eigenvalue weighted by Crippen LogP contribution is 2.27. The van der Waals surface area contributed by atoms with Crippen molar-refractivity contribution in [3.63, 3.8) is 0 Å². The molecule has 0 aliphatic rings. The molecule has 8 heteroatoms. The number of rotatable bonds is 9. The fourth-order valence-electron chi connectivity index (χ4n) is 3.53. The summed E-state index contributed by atoms with van der Waals surface area (Å²) in [5, 5.41) is 10.1. The fraction of sp³-hybridized carbons (Fsp3) is 0.100. The van der Waals surface area contributed by atoms with E-state index in [4.69, 9.17) is 0 Å². The van der Waals surface area contributed by atoms with Crippen molar-refractivity contribution in [3.8, 4) is 0 Å². The van der Waals surface area contributed by atoms with E-state index in [9.17, 15) is 14.4 Å². The largest absolute Gasteiger partial charge is 0.325 e. The maximum atomic E-state index is 13.2. The molecule has 3 N–H and O–H groups in total. The summed E-state index contributed by atoms with van der Waals surface area (Å²) in [5.74, 6) is -0.934. The van der Waals surface area contributed by atoms with E-state index in [1.54, 1.807) is 42.5 Å². The van der Waals surface area contributed by atoms with Gasteiger partial charge < -0.3 is 16.0 Å². The van der Waals surface area contributed by atoms with Crippen LogP contribution in [0.5, 0.6) is 0 Å². The maximum absolute atomic E-state index is 13.2. The molecule has 0 saturated heterocycles. The highest BCUT2D eigenvalue weighted by molar-refractivity contribution is 8.00. The van der Waals surface area contributed by atoms with E-state index in [1.807, 2.05) is 73.8 Å². The van der Waals surface area contributed by atoms with E-state index in [0.29, 0.717) is 11.3 Å². The zero-order valence-corrected chi connectivity index (χ0v) is 22.6. The number of hydrogen-bond acceptors (Lipinski definition) is 5. The third-order valence-corrected chi connectivity index (χ3v) is 7.33. The summed E-state index contributed by atoms with van der Waals surface area (Å²) in [6.07, 6.45) is 1.65. The average molecular weight is 542 g/mol. The van der Waals surface area contributed by atoms with Gasteiger partial charge in [0.1, 0.15) is 5.70 Å². The predicted molar refractivity (Wildman–Crippen MR) is 156 cm³/mol. The molecule has 1 aromatic heterocycles. The number of thioether (sulfide) groups is 1. The molecule has 0 radical (unpaired) electrons. The number of carbonyl (C=O) groups excluding carboxylic acids is 3. The van der Waals surface area contributed by atoms with Gasteiger partial charge in [-0.1, -0.05) is 42.5 Å². The Morgan fingerprint density at radius 2 is 1.58 bits per heavy atom. The molecule has 1 heterocycles. The monoisotopic (exact) mass is 541 g/mol. The summed E-state index contributed by atoms with van der Waals surface area (Å²) in [7, 11) is 0. The van der Waals surface area contributed by atoms with Gasteiger partial charge in [0, 0.05) is 26.7 Å². The smallest absolute Gasteiger partial charge is 0.272 e. The number of carbonyl (C=O) groups is 3. The number of amides is 3. The molecule has 0 aliphatic heterocycles. The molecule has 0 bridgehead atoms. The topological polar surface area (TPSA) is 87.3 Å². The van der Waals surface area contributed by atoms with E-state index in [2.05, 4.69) is 16.0 Å². The fourth-order valence-corrected chi connectivity index (χ4v) is 5.11. The van der Waals surface area contributed by atoms with Crippen LogP contribution < -0.4 is 16.0 Å². The van der Waals surface area contributed by atoms with Gasteiger partial charge in [-0.3, -0.25) is 14.4 Å². The molecule has 0 aliphatic carbocycles. The SMILES string of the molecule is Cc1cccc(NC(=O)C(C)Sc2cccc(NC(=O)/C(=C/c3cccs3)NC(=O)c3ccccc3)c2)c1. The average Bonchev–Trinajstić information content (AvgIpc) is 3.42. The van der Waals surface area contributed by atoms with Crippen molar-refractivity contribution in [3.05, 3.63) is 118 Å². The molecular weight excluding hydrogens is 514 g/mol. The first-order chi connectivity index (χ1) is 18.4. The van der Waals surface area contributed by atoms with Crippen LogP contribution in [0.2, 0.25) is 0 Å². The van der Waals surface area contributed by atoms with Crippen molar-refractivity contribution in [1.82, 2.24) is 5.32 Å². The van der Waals surface area contributed by atoms with Crippen LogP contribution in [0.3, 0.4) is 0 Å². The highest BCUT2D eigenvalue weighted by atomic mass is 32.2. The molecule has 6 nitrogen and oxygen atoms in total. The quantitative estimate of drug-likeness (QED) is 0.165. The van der Waals surface area contributed by atoms with Crippen LogP contribution in [0, 0.1) is 6.92 Å². The van der Waals surface area contributed by atoms with Crippen molar-refractivity contribution in [2.75, 3.05) is 10.6 Å². The van der Waals surface area contributed by atoms with Crippen molar-refractivity contribution in [2.45, 2.75) is 24.0 Å². The molecule has 0 spiro atoms. The Kier molecular flexibility index (Phi) is 9.13. The lowest BCUT2D eigenvalue weighted by atomic mass is 10.2. The molecular formula is C30H27N3O3S2. The van der Waals surface area contributed by atoms with Gasteiger partial charge >= 0.3 is 0 Å². The van der Waals surface area contributed by atoms with E-state index >= 15 is 0 Å². The van der Waals surface area contributed by atoms with Crippen molar-refractivity contribution in [1.29, 1.82) is 0 Å². The lowest BCUT2D eigenvalue weighted by molar-refractivity contribution is -0.115. The molecule has 0 saturated carbocycles. The Morgan fingerprint density at radius 1 is 0.842 bits per heavy atom. The third kappa shape index (κ3) is 7.68. The van der Waals surface area contributed by atoms with Crippen LogP contribution in [0.15, 0.2) is 107 Å². The summed E-state index contributed by atoms with van der Waals surface area (Å²) in [4.78, 5) is 40.3.